The molecule has 4 aromatic carbocycles. The highest BCUT2D eigenvalue weighted by Gasteiger charge is 2.11. The summed E-state index contributed by atoms with van der Waals surface area (Å²) in [4.78, 5) is 12.9. The number of fused-ring (bicyclic) bond motifs is 1. The maximum Gasteiger partial charge on any atom is 0.235 e. The highest BCUT2D eigenvalue weighted by atomic mass is 35.5. The van der Waals surface area contributed by atoms with Gasteiger partial charge in [-0.05, 0) is 53.1 Å². The van der Waals surface area contributed by atoms with E-state index in [0.29, 0.717) is 34.1 Å². The Morgan fingerprint density at radius 1 is 0.758 bits per heavy atom. The summed E-state index contributed by atoms with van der Waals surface area (Å²) in [6.45, 7) is 0.382. The van der Waals surface area contributed by atoms with Crippen LogP contribution in [-0.2, 0) is 6.61 Å². The first-order valence-electron chi connectivity index (χ1n) is 10.4. The topological polar surface area (TPSA) is 48.7 Å². The maximum absolute atomic E-state index is 12.9. The van der Waals surface area contributed by atoms with Crippen LogP contribution in [0.15, 0.2) is 113 Å². The number of halogens is 1. The largest absolute Gasteiger partial charge is 0.489 e. The van der Waals surface area contributed by atoms with Crippen molar-refractivity contribution in [1.29, 1.82) is 0 Å². The van der Waals surface area contributed by atoms with E-state index in [-0.39, 0.29) is 11.2 Å². The lowest BCUT2D eigenvalue weighted by atomic mass is 10.1. The molecular weight excluding hydrogens is 436 g/mol. The SMILES string of the molecule is O=c1c(Oc2ccc(-c3ccccc3)cc2)coc2cc(OCc3ccc(Cl)cc3)ccc12. The molecule has 1 aromatic heterocycles. The molecule has 5 rings (SSSR count). The van der Waals surface area contributed by atoms with Gasteiger partial charge in [-0.15, -0.1) is 0 Å². The van der Waals surface area contributed by atoms with Crippen LogP contribution in [0.4, 0.5) is 0 Å². The Bertz CT molecular complexity index is 1440. The quantitative estimate of drug-likeness (QED) is 0.267. The van der Waals surface area contributed by atoms with Gasteiger partial charge >= 0.3 is 0 Å². The molecule has 162 valence electrons. The van der Waals surface area contributed by atoms with Crippen molar-refractivity contribution in [2.24, 2.45) is 0 Å². The van der Waals surface area contributed by atoms with Gasteiger partial charge in [-0.2, -0.15) is 0 Å². The third kappa shape index (κ3) is 4.76. The van der Waals surface area contributed by atoms with Crippen molar-refractivity contribution in [1.82, 2.24) is 0 Å². The third-order valence-corrected chi connectivity index (χ3v) is 5.47. The second kappa shape index (κ2) is 9.23. The molecule has 0 atom stereocenters. The molecule has 0 aliphatic carbocycles. The van der Waals surface area contributed by atoms with Gasteiger partial charge in [-0.3, -0.25) is 4.79 Å². The Morgan fingerprint density at radius 2 is 1.45 bits per heavy atom. The number of benzene rings is 4. The lowest BCUT2D eigenvalue weighted by Gasteiger charge is -2.09. The Morgan fingerprint density at radius 3 is 2.21 bits per heavy atom. The first kappa shape index (κ1) is 20.9. The predicted octanol–water partition coefficient (Wildman–Crippen LogP) is 7.48. The van der Waals surface area contributed by atoms with Gasteiger partial charge in [0.05, 0.1) is 5.39 Å². The van der Waals surface area contributed by atoms with Crippen LogP contribution in [0, 0.1) is 0 Å². The number of hydrogen-bond donors (Lipinski definition) is 0. The summed E-state index contributed by atoms with van der Waals surface area (Å²) in [5.41, 5.74) is 3.36. The second-order valence-corrected chi connectivity index (χ2v) is 7.93. The van der Waals surface area contributed by atoms with Crippen LogP contribution in [0.1, 0.15) is 5.56 Å². The van der Waals surface area contributed by atoms with E-state index in [1.54, 1.807) is 18.2 Å². The van der Waals surface area contributed by atoms with E-state index >= 15 is 0 Å². The van der Waals surface area contributed by atoms with E-state index in [9.17, 15) is 4.79 Å². The molecule has 0 unspecified atom stereocenters. The summed E-state index contributed by atoms with van der Waals surface area (Å²) in [5, 5.41) is 1.10. The van der Waals surface area contributed by atoms with Gasteiger partial charge in [0.1, 0.15) is 30.0 Å². The monoisotopic (exact) mass is 454 g/mol. The van der Waals surface area contributed by atoms with Gasteiger partial charge < -0.3 is 13.9 Å². The molecule has 0 radical (unpaired) electrons. The minimum Gasteiger partial charge on any atom is -0.489 e. The average molecular weight is 455 g/mol. The van der Waals surface area contributed by atoms with E-state index in [1.807, 2.05) is 78.9 Å². The maximum atomic E-state index is 12.9. The standard InChI is InChI=1S/C28H19ClO4/c29-22-10-6-19(7-11-22)17-31-24-14-15-25-26(16-24)32-18-27(28(25)30)33-23-12-8-21(9-13-23)20-4-2-1-3-5-20/h1-16,18H,17H2. The molecule has 0 amide bonds. The highest BCUT2D eigenvalue weighted by Crippen LogP contribution is 2.27. The molecule has 0 aliphatic heterocycles. The Labute approximate surface area is 195 Å². The molecule has 0 spiro atoms. The first-order valence-corrected chi connectivity index (χ1v) is 10.8. The summed E-state index contributed by atoms with van der Waals surface area (Å²) in [7, 11) is 0. The van der Waals surface area contributed by atoms with Crippen LogP contribution in [-0.4, -0.2) is 0 Å². The number of ether oxygens (including phenoxy) is 2. The molecule has 0 saturated carbocycles. The minimum atomic E-state index is -0.243. The molecule has 1 heterocycles. The number of hydrogen-bond acceptors (Lipinski definition) is 4. The molecule has 0 saturated heterocycles. The van der Waals surface area contributed by atoms with E-state index in [4.69, 9.17) is 25.5 Å². The van der Waals surface area contributed by atoms with Crippen molar-refractivity contribution in [3.05, 3.63) is 124 Å². The second-order valence-electron chi connectivity index (χ2n) is 7.49. The fraction of sp³-hybridized carbons (Fsp3) is 0.0357. The summed E-state index contributed by atoms with van der Waals surface area (Å²) in [6.07, 6.45) is 1.33. The van der Waals surface area contributed by atoms with Crippen molar-refractivity contribution >= 4 is 22.6 Å². The van der Waals surface area contributed by atoms with Crippen LogP contribution < -0.4 is 14.9 Å². The van der Waals surface area contributed by atoms with Gasteiger partial charge in [0.25, 0.3) is 0 Å². The van der Waals surface area contributed by atoms with Crippen LogP contribution in [0.2, 0.25) is 5.02 Å². The molecule has 0 fully saturated rings. The Hall–Kier alpha value is -4.02. The zero-order valence-corrected chi connectivity index (χ0v) is 18.3. The summed E-state index contributed by atoms with van der Waals surface area (Å²) >= 11 is 5.91. The molecule has 5 heteroatoms. The van der Waals surface area contributed by atoms with Gasteiger partial charge in [-0.25, -0.2) is 0 Å². The van der Waals surface area contributed by atoms with E-state index in [0.717, 1.165) is 16.7 Å². The zero-order valence-electron chi connectivity index (χ0n) is 17.5. The fourth-order valence-electron chi connectivity index (χ4n) is 3.47. The molecule has 33 heavy (non-hydrogen) atoms. The van der Waals surface area contributed by atoms with Crippen molar-refractivity contribution in [2.45, 2.75) is 6.61 Å². The number of rotatable bonds is 6. The van der Waals surface area contributed by atoms with E-state index in [2.05, 4.69) is 0 Å². The van der Waals surface area contributed by atoms with Gasteiger partial charge in [0, 0.05) is 11.1 Å². The predicted molar refractivity (Wildman–Crippen MR) is 130 cm³/mol. The fourth-order valence-corrected chi connectivity index (χ4v) is 3.60. The zero-order chi connectivity index (χ0) is 22.6. The molecule has 0 bridgehead atoms. The average Bonchev–Trinajstić information content (AvgIpc) is 2.86. The Kier molecular flexibility index (Phi) is 5.83. The highest BCUT2D eigenvalue weighted by molar-refractivity contribution is 6.30. The van der Waals surface area contributed by atoms with E-state index in [1.165, 1.54) is 6.26 Å². The smallest absolute Gasteiger partial charge is 0.235 e. The summed E-state index contributed by atoms with van der Waals surface area (Å²) in [6, 6.07) is 30.2. The van der Waals surface area contributed by atoms with Crippen LogP contribution in [0.25, 0.3) is 22.1 Å². The molecule has 4 nitrogen and oxygen atoms in total. The summed E-state index contributed by atoms with van der Waals surface area (Å²) in [5.74, 6) is 1.29. The van der Waals surface area contributed by atoms with E-state index < -0.39 is 0 Å². The molecular formula is C28H19ClO4. The minimum absolute atomic E-state index is 0.129. The Balaban J connectivity index is 1.32. The lowest BCUT2D eigenvalue weighted by molar-refractivity contribution is 0.306. The van der Waals surface area contributed by atoms with Crippen molar-refractivity contribution in [2.75, 3.05) is 0 Å². The lowest BCUT2D eigenvalue weighted by Crippen LogP contribution is -2.05. The molecule has 0 N–H and O–H groups in total. The van der Waals surface area contributed by atoms with Crippen molar-refractivity contribution < 1.29 is 13.9 Å². The van der Waals surface area contributed by atoms with Gasteiger partial charge in [-0.1, -0.05) is 66.2 Å². The van der Waals surface area contributed by atoms with Crippen LogP contribution >= 0.6 is 11.6 Å². The van der Waals surface area contributed by atoms with Crippen LogP contribution in [0.3, 0.4) is 0 Å². The normalized spacial score (nSPS) is 10.8. The first-order chi connectivity index (χ1) is 16.2. The third-order valence-electron chi connectivity index (χ3n) is 5.22. The van der Waals surface area contributed by atoms with Crippen molar-refractivity contribution in [3.8, 4) is 28.4 Å². The summed E-state index contributed by atoms with van der Waals surface area (Å²) < 4.78 is 17.3. The van der Waals surface area contributed by atoms with Crippen LogP contribution in [0.5, 0.6) is 17.2 Å². The van der Waals surface area contributed by atoms with Gasteiger partial charge in [0.15, 0.2) is 0 Å². The van der Waals surface area contributed by atoms with Gasteiger partial charge in [0.2, 0.25) is 11.2 Å². The van der Waals surface area contributed by atoms with Crippen molar-refractivity contribution in [3.63, 3.8) is 0 Å². The molecule has 5 aromatic rings. The molecule has 0 aliphatic rings.